The van der Waals surface area contributed by atoms with E-state index in [1.54, 1.807) is 7.11 Å². The van der Waals surface area contributed by atoms with Crippen molar-refractivity contribution >= 4 is 5.91 Å². The molecule has 4 heteroatoms. The van der Waals surface area contributed by atoms with Crippen LogP contribution >= 0.6 is 0 Å². The summed E-state index contributed by atoms with van der Waals surface area (Å²) in [6.45, 7) is 5.81. The van der Waals surface area contributed by atoms with Crippen LogP contribution in [-0.4, -0.2) is 26.1 Å². The van der Waals surface area contributed by atoms with Gasteiger partial charge >= 0.3 is 0 Å². The highest BCUT2D eigenvalue weighted by atomic mass is 16.5. The highest BCUT2D eigenvalue weighted by Gasteiger charge is 2.30. The lowest BCUT2D eigenvalue weighted by Crippen LogP contribution is -2.35. The summed E-state index contributed by atoms with van der Waals surface area (Å²) < 4.78 is 5.20. The highest BCUT2D eigenvalue weighted by Crippen LogP contribution is 2.21. The molecular formula is C15H22N2O2. The average molecular weight is 262 g/mol. The number of carbonyl (C=O) groups excluding carboxylic acids is 1. The molecule has 0 spiro atoms. The van der Waals surface area contributed by atoms with Crippen LogP contribution in [0.5, 0.6) is 5.75 Å². The number of hydrogen-bond donors (Lipinski definition) is 2. The third-order valence-corrected chi connectivity index (χ3v) is 3.81. The van der Waals surface area contributed by atoms with Gasteiger partial charge in [0.1, 0.15) is 5.75 Å². The zero-order valence-corrected chi connectivity index (χ0v) is 11.8. The van der Waals surface area contributed by atoms with Crippen LogP contribution in [0, 0.1) is 11.8 Å². The van der Waals surface area contributed by atoms with E-state index in [1.807, 2.05) is 31.2 Å². The summed E-state index contributed by atoms with van der Waals surface area (Å²) in [6.07, 6.45) is 0. The first-order chi connectivity index (χ1) is 9.11. The second kappa shape index (κ2) is 6.06. The summed E-state index contributed by atoms with van der Waals surface area (Å²) >= 11 is 0. The Morgan fingerprint density at radius 1 is 1.47 bits per heavy atom. The minimum Gasteiger partial charge on any atom is -0.497 e. The van der Waals surface area contributed by atoms with Crippen molar-refractivity contribution in [2.45, 2.75) is 19.9 Å². The molecule has 0 bridgehead atoms. The standard InChI is InChI=1S/C15H22N2O2/c1-10-8-16-9-14(10)15(18)17-11(2)12-5-4-6-13(7-12)19-3/h4-7,10-11,14,16H,8-9H2,1-3H3,(H,17,18)/t10?,11-,14?/m0/s1. The number of benzene rings is 1. The van der Waals surface area contributed by atoms with Crippen molar-refractivity contribution in [2.75, 3.05) is 20.2 Å². The zero-order chi connectivity index (χ0) is 13.8. The van der Waals surface area contributed by atoms with Gasteiger partial charge in [0, 0.05) is 6.54 Å². The van der Waals surface area contributed by atoms with Crippen LogP contribution in [0.1, 0.15) is 25.5 Å². The topological polar surface area (TPSA) is 50.4 Å². The maximum atomic E-state index is 12.2. The molecule has 104 valence electrons. The Bertz CT molecular complexity index is 448. The van der Waals surface area contributed by atoms with Crippen molar-refractivity contribution < 1.29 is 9.53 Å². The van der Waals surface area contributed by atoms with Crippen LogP contribution in [0.2, 0.25) is 0 Å². The van der Waals surface area contributed by atoms with E-state index in [0.717, 1.165) is 24.4 Å². The molecule has 2 unspecified atom stereocenters. The monoisotopic (exact) mass is 262 g/mol. The molecule has 1 aromatic rings. The van der Waals surface area contributed by atoms with Gasteiger partial charge in [-0.1, -0.05) is 19.1 Å². The number of rotatable bonds is 4. The Kier molecular flexibility index (Phi) is 4.43. The molecule has 3 atom stereocenters. The molecule has 0 aliphatic carbocycles. The Morgan fingerprint density at radius 2 is 2.26 bits per heavy atom. The van der Waals surface area contributed by atoms with Gasteiger partial charge in [0.25, 0.3) is 0 Å². The van der Waals surface area contributed by atoms with Crippen LogP contribution in [-0.2, 0) is 4.79 Å². The van der Waals surface area contributed by atoms with E-state index >= 15 is 0 Å². The molecule has 1 fully saturated rings. The van der Waals surface area contributed by atoms with Gasteiger partial charge in [0.15, 0.2) is 0 Å². The number of ether oxygens (including phenoxy) is 1. The van der Waals surface area contributed by atoms with Crippen LogP contribution in [0.3, 0.4) is 0 Å². The fourth-order valence-corrected chi connectivity index (χ4v) is 2.48. The SMILES string of the molecule is COc1cccc([C@H](C)NC(=O)C2CNCC2C)c1. The van der Waals surface area contributed by atoms with Crippen molar-refractivity contribution in [3.05, 3.63) is 29.8 Å². The maximum absolute atomic E-state index is 12.2. The molecule has 0 saturated carbocycles. The fraction of sp³-hybridized carbons (Fsp3) is 0.533. The molecule has 1 aliphatic rings. The predicted molar refractivity (Wildman–Crippen MR) is 75.1 cm³/mol. The largest absolute Gasteiger partial charge is 0.497 e. The number of nitrogens with one attached hydrogen (secondary N) is 2. The quantitative estimate of drug-likeness (QED) is 0.869. The molecule has 4 nitrogen and oxygen atoms in total. The van der Waals surface area contributed by atoms with Crippen LogP contribution in [0.25, 0.3) is 0 Å². The zero-order valence-electron chi connectivity index (χ0n) is 11.8. The van der Waals surface area contributed by atoms with E-state index in [2.05, 4.69) is 17.6 Å². The molecule has 2 N–H and O–H groups in total. The van der Waals surface area contributed by atoms with Crippen molar-refractivity contribution in [3.63, 3.8) is 0 Å². The Hall–Kier alpha value is -1.55. The first-order valence-electron chi connectivity index (χ1n) is 6.77. The van der Waals surface area contributed by atoms with E-state index in [9.17, 15) is 4.79 Å². The van der Waals surface area contributed by atoms with Crippen LogP contribution in [0.4, 0.5) is 0 Å². The third-order valence-electron chi connectivity index (χ3n) is 3.81. The predicted octanol–water partition coefficient (Wildman–Crippen LogP) is 1.73. The summed E-state index contributed by atoms with van der Waals surface area (Å²) in [5, 5.41) is 6.34. The average Bonchev–Trinajstić information content (AvgIpc) is 2.85. The molecular weight excluding hydrogens is 240 g/mol. The summed E-state index contributed by atoms with van der Waals surface area (Å²) in [6, 6.07) is 7.80. The molecule has 1 aromatic carbocycles. The molecule has 1 heterocycles. The van der Waals surface area contributed by atoms with Gasteiger partial charge in [-0.15, -0.1) is 0 Å². The van der Waals surface area contributed by atoms with Gasteiger partial charge in [-0.05, 0) is 37.1 Å². The number of carbonyl (C=O) groups is 1. The summed E-state index contributed by atoms with van der Waals surface area (Å²) in [5.74, 6) is 1.42. The number of methoxy groups -OCH3 is 1. The number of hydrogen-bond acceptors (Lipinski definition) is 3. The molecule has 19 heavy (non-hydrogen) atoms. The molecule has 2 rings (SSSR count). The Morgan fingerprint density at radius 3 is 2.89 bits per heavy atom. The van der Waals surface area contributed by atoms with Gasteiger partial charge < -0.3 is 15.4 Å². The van der Waals surface area contributed by atoms with Gasteiger partial charge in [-0.25, -0.2) is 0 Å². The van der Waals surface area contributed by atoms with Gasteiger partial charge in [0.05, 0.1) is 19.1 Å². The Balaban J connectivity index is 1.99. The second-order valence-corrected chi connectivity index (χ2v) is 5.25. The highest BCUT2D eigenvalue weighted by molar-refractivity contribution is 5.80. The first kappa shape index (κ1) is 13.9. The summed E-state index contributed by atoms with van der Waals surface area (Å²) in [5.41, 5.74) is 1.06. The van der Waals surface area contributed by atoms with Crippen LogP contribution in [0.15, 0.2) is 24.3 Å². The normalized spacial score (nSPS) is 23.9. The maximum Gasteiger partial charge on any atom is 0.225 e. The van der Waals surface area contributed by atoms with Gasteiger partial charge in [-0.2, -0.15) is 0 Å². The molecule has 0 aromatic heterocycles. The second-order valence-electron chi connectivity index (χ2n) is 5.25. The summed E-state index contributed by atoms with van der Waals surface area (Å²) in [7, 11) is 1.65. The lowest BCUT2D eigenvalue weighted by atomic mass is 9.96. The first-order valence-corrected chi connectivity index (χ1v) is 6.77. The van der Waals surface area contributed by atoms with E-state index in [1.165, 1.54) is 0 Å². The number of amides is 1. The smallest absolute Gasteiger partial charge is 0.225 e. The molecule has 1 aliphatic heterocycles. The van der Waals surface area contributed by atoms with Crippen molar-refractivity contribution in [1.82, 2.24) is 10.6 Å². The lowest BCUT2D eigenvalue weighted by Gasteiger charge is -2.19. The minimum absolute atomic E-state index is 0.00426. The van der Waals surface area contributed by atoms with E-state index in [4.69, 9.17) is 4.74 Å². The minimum atomic E-state index is -0.00426. The summed E-state index contributed by atoms with van der Waals surface area (Å²) in [4.78, 5) is 12.2. The van der Waals surface area contributed by atoms with Crippen molar-refractivity contribution in [3.8, 4) is 5.75 Å². The van der Waals surface area contributed by atoms with E-state index in [-0.39, 0.29) is 17.9 Å². The lowest BCUT2D eigenvalue weighted by molar-refractivity contribution is -0.126. The van der Waals surface area contributed by atoms with Gasteiger partial charge in [0.2, 0.25) is 5.91 Å². The van der Waals surface area contributed by atoms with Crippen molar-refractivity contribution in [1.29, 1.82) is 0 Å². The third kappa shape index (κ3) is 3.26. The van der Waals surface area contributed by atoms with Gasteiger partial charge in [-0.3, -0.25) is 4.79 Å². The molecule has 1 saturated heterocycles. The fourth-order valence-electron chi connectivity index (χ4n) is 2.48. The van der Waals surface area contributed by atoms with Crippen molar-refractivity contribution in [2.24, 2.45) is 11.8 Å². The molecule has 1 amide bonds. The van der Waals surface area contributed by atoms with E-state index in [0.29, 0.717) is 5.92 Å². The van der Waals surface area contributed by atoms with Crippen LogP contribution < -0.4 is 15.4 Å². The van der Waals surface area contributed by atoms with E-state index < -0.39 is 0 Å². The molecule has 0 radical (unpaired) electrons. The Labute approximate surface area is 114 Å².